The second-order valence-corrected chi connectivity index (χ2v) is 6.68. The minimum atomic E-state index is -0.313. The van der Waals surface area contributed by atoms with Gasteiger partial charge in [-0.3, -0.25) is 4.90 Å². The van der Waals surface area contributed by atoms with E-state index in [4.69, 9.17) is 0 Å². The highest BCUT2D eigenvalue weighted by Crippen LogP contribution is 2.43. The van der Waals surface area contributed by atoms with Gasteiger partial charge in [-0.25, -0.2) is 4.39 Å². The van der Waals surface area contributed by atoms with Crippen molar-refractivity contribution in [2.24, 2.45) is 5.41 Å². The molecule has 0 radical (unpaired) electrons. The summed E-state index contributed by atoms with van der Waals surface area (Å²) in [5, 5.41) is 13.7. The largest absolute Gasteiger partial charge is 0.507 e. The zero-order chi connectivity index (χ0) is 14.9. The highest BCUT2D eigenvalue weighted by Gasteiger charge is 2.36. The van der Waals surface area contributed by atoms with Crippen molar-refractivity contribution < 1.29 is 9.50 Å². The van der Waals surface area contributed by atoms with Gasteiger partial charge in [-0.05, 0) is 24.0 Å². The number of aromatic hydroxyl groups is 1. The first kappa shape index (κ1) is 21.4. The van der Waals surface area contributed by atoms with Crippen LogP contribution in [0.2, 0.25) is 0 Å². The van der Waals surface area contributed by atoms with Crippen molar-refractivity contribution in [1.29, 1.82) is 0 Å². The third-order valence-electron chi connectivity index (χ3n) is 3.98. The fraction of sp³-hybridized carbons (Fsp3) is 0.625. The van der Waals surface area contributed by atoms with Gasteiger partial charge in [0.05, 0.1) is 0 Å². The highest BCUT2D eigenvalue weighted by molar-refractivity contribution is 5.85. The molecule has 0 aromatic heterocycles. The van der Waals surface area contributed by atoms with Gasteiger partial charge >= 0.3 is 0 Å². The van der Waals surface area contributed by atoms with Crippen LogP contribution in [-0.4, -0.2) is 36.2 Å². The minimum absolute atomic E-state index is 0. The molecule has 0 bridgehead atoms. The molecule has 1 aromatic rings. The van der Waals surface area contributed by atoms with E-state index < -0.39 is 0 Å². The predicted octanol–water partition coefficient (Wildman–Crippen LogP) is 3.68. The monoisotopic (exact) mass is 352 g/mol. The molecule has 1 aromatic carbocycles. The van der Waals surface area contributed by atoms with E-state index >= 15 is 0 Å². The first-order valence-electron chi connectivity index (χ1n) is 7.25. The van der Waals surface area contributed by atoms with E-state index in [0.29, 0.717) is 5.56 Å². The van der Waals surface area contributed by atoms with Crippen LogP contribution < -0.4 is 5.32 Å². The Morgan fingerprint density at radius 1 is 1.18 bits per heavy atom. The summed E-state index contributed by atoms with van der Waals surface area (Å²) < 4.78 is 14.4. The van der Waals surface area contributed by atoms with Gasteiger partial charge < -0.3 is 10.4 Å². The summed E-state index contributed by atoms with van der Waals surface area (Å²) in [5.41, 5.74) is 1.02. The Labute approximate surface area is 145 Å². The topological polar surface area (TPSA) is 35.5 Å². The molecule has 0 saturated carbocycles. The molecule has 128 valence electrons. The van der Waals surface area contributed by atoms with E-state index in [0.717, 1.165) is 31.7 Å². The van der Waals surface area contributed by atoms with Gasteiger partial charge in [-0.1, -0.05) is 26.8 Å². The van der Waals surface area contributed by atoms with Gasteiger partial charge in [0.1, 0.15) is 11.6 Å². The number of phenolic OH excluding ortho intramolecular Hbond substituents is 1. The molecule has 2 N–H and O–H groups in total. The zero-order valence-corrected chi connectivity index (χ0v) is 15.3. The first-order chi connectivity index (χ1) is 9.32. The lowest BCUT2D eigenvalue weighted by molar-refractivity contribution is 0.0812. The molecule has 1 atom stereocenters. The molecule has 1 aliphatic heterocycles. The summed E-state index contributed by atoms with van der Waals surface area (Å²) in [6.07, 6.45) is 0. The molecule has 3 nitrogen and oxygen atoms in total. The lowest BCUT2D eigenvalue weighted by Crippen LogP contribution is -2.48. The SMILES string of the molecule is Cc1ccc(F)c([C@@H](N2CCNCC2)C(C)(C)C)c1O.Cl.Cl. The maximum absolute atomic E-state index is 14.4. The van der Waals surface area contributed by atoms with Crippen LogP contribution in [0.1, 0.15) is 37.9 Å². The second kappa shape index (κ2) is 8.34. The highest BCUT2D eigenvalue weighted by atomic mass is 35.5. The van der Waals surface area contributed by atoms with E-state index in [-0.39, 0.29) is 47.8 Å². The number of aryl methyl sites for hydroxylation is 1. The van der Waals surface area contributed by atoms with Crippen LogP contribution in [0.5, 0.6) is 5.75 Å². The average molecular weight is 353 g/mol. The lowest BCUT2D eigenvalue weighted by atomic mass is 9.80. The van der Waals surface area contributed by atoms with Crippen molar-refractivity contribution in [3.05, 3.63) is 29.1 Å². The molecule has 6 heteroatoms. The summed E-state index contributed by atoms with van der Waals surface area (Å²) in [4.78, 5) is 2.27. The summed E-state index contributed by atoms with van der Waals surface area (Å²) in [6, 6.07) is 2.97. The van der Waals surface area contributed by atoms with E-state index in [1.807, 2.05) is 6.92 Å². The molecule has 1 heterocycles. The summed E-state index contributed by atoms with van der Waals surface area (Å²) in [6.45, 7) is 11.7. The van der Waals surface area contributed by atoms with Crippen LogP contribution in [0.4, 0.5) is 4.39 Å². The molecule has 2 rings (SSSR count). The van der Waals surface area contributed by atoms with Gasteiger partial charge in [-0.2, -0.15) is 0 Å². The lowest BCUT2D eigenvalue weighted by Gasteiger charge is -2.43. The number of halogens is 3. The fourth-order valence-electron chi connectivity index (χ4n) is 3.06. The van der Waals surface area contributed by atoms with Gasteiger partial charge in [-0.15, -0.1) is 24.8 Å². The molecule has 0 aliphatic carbocycles. The molecule has 1 aliphatic rings. The molecular weight excluding hydrogens is 326 g/mol. The maximum Gasteiger partial charge on any atom is 0.131 e. The van der Waals surface area contributed by atoms with Crippen molar-refractivity contribution in [2.45, 2.75) is 33.7 Å². The molecule has 1 saturated heterocycles. The fourth-order valence-corrected chi connectivity index (χ4v) is 3.06. The predicted molar refractivity (Wildman–Crippen MR) is 93.9 cm³/mol. The molecular formula is C16H27Cl2FN2O. The van der Waals surface area contributed by atoms with Crippen molar-refractivity contribution in [3.63, 3.8) is 0 Å². The van der Waals surface area contributed by atoms with Crippen LogP contribution in [0.25, 0.3) is 0 Å². The summed E-state index contributed by atoms with van der Waals surface area (Å²) in [7, 11) is 0. The van der Waals surface area contributed by atoms with Crippen LogP contribution in [0.15, 0.2) is 12.1 Å². The number of nitrogens with one attached hydrogen (secondary N) is 1. The Hall–Kier alpha value is -0.550. The van der Waals surface area contributed by atoms with Gasteiger partial charge in [0.2, 0.25) is 0 Å². The molecule has 0 amide bonds. The summed E-state index contributed by atoms with van der Waals surface area (Å²) in [5.74, 6) is -0.213. The third kappa shape index (κ3) is 4.48. The minimum Gasteiger partial charge on any atom is -0.507 e. The number of rotatable bonds is 2. The second-order valence-electron chi connectivity index (χ2n) is 6.68. The molecule has 0 spiro atoms. The Balaban J connectivity index is 0.00000220. The number of piperazine rings is 1. The van der Waals surface area contributed by atoms with Gasteiger partial charge in [0.25, 0.3) is 0 Å². The normalized spacial score (nSPS) is 17.3. The summed E-state index contributed by atoms with van der Waals surface area (Å²) >= 11 is 0. The van der Waals surface area contributed by atoms with Crippen LogP contribution in [-0.2, 0) is 0 Å². The Bertz CT molecular complexity index is 486. The number of hydrogen-bond acceptors (Lipinski definition) is 3. The zero-order valence-electron chi connectivity index (χ0n) is 13.6. The quantitative estimate of drug-likeness (QED) is 0.852. The van der Waals surface area contributed by atoms with Crippen molar-refractivity contribution in [3.8, 4) is 5.75 Å². The van der Waals surface area contributed by atoms with Gasteiger partial charge in [0.15, 0.2) is 0 Å². The number of benzene rings is 1. The van der Waals surface area contributed by atoms with E-state index in [1.165, 1.54) is 6.07 Å². The Kier molecular flexibility index (Phi) is 8.14. The van der Waals surface area contributed by atoms with Crippen LogP contribution in [0.3, 0.4) is 0 Å². The first-order valence-corrected chi connectivity index (χ1v) is 7.25. The maximum atomic E-state index is 14.4. The van der Waals surface area contributed by atoms with Gasteiger partial charge in [0, 0.05) is 37.8 Å². The number of hydrogen-bond donors (Lipinski definition) is 2. The Morgan fingerprint density at radius 2 is 1.73 bits per heavy atom. The number of nitrogens with zero attached hydrogens (tertiary/aromatic N) is 1. The van der Waals surface area contributed by atoms with E-state index in [1.54, 1.807) is 6.07 Å². The molecule has 1 fully saturated rings. The average Bonchev–Trinajstić information content (AvgIpc) is 2.39. The van der Waals surface area contributed by atoms with Crippen molar-refractivity contribution in [2.75, 3.05) is 26.2 Å². The van der Waals surface area contributed by atoms with E-state index in [9.17, 15) is 9.50 Å². The Morgan fingerprint density at radius 3 is 2.23 bits per heavy atom. The van der Waals surface area contributed by atoms with Crippen molar-refractivity contribution in [1.82, 2.24) is 10.2 Å². The molecule has 0 unspecified atom stereocenters. The van der Waals surface area contributed by atoms with Crippen molar-refractivity contribution >= 4 is 24.8 Å². The number of phenols is 1. The smallest absolute Gasteiger partial charge is 0.131 e. The van der Waals surface area contributed by atoms with E-state index in [2.05, 4.69) is 31.0 Å². The molecule has 22 heavy (non-hydrogen) atoms. The van der Waals surface area contributed by atoms with Crippen LogP contribution in [0, 0.1) is 18.2 Å². The third-order valence-corrected chi connectivity index (χ3v) is 3.98. The standard InChI is InChI=1S/C16H25FN2O.2ClH/c1-11-5-6-12(17)13(14(11)20)15(16(2,3)4)19-9-7-18-8-10-19;;/h5-6,15,18,20H,7-10H2,1-4H3;2*1H/t15-;;/m1../s1. The van der Waals surface area contributed by atoms with Crippen LogP contribution >= 0.6 is 24.8 Å².